The number of rotatable bonds is 6. The van der Waals surface area contributed by atoms with Crippen LogP contribution in [0.25, 0.3) is 4.96 Å². The van der Waals surface area contributed by atoms with Crippen molar-refractivity contribution in [3.8, 4) is 0 Å². The van der Waals surface area contributed by atoms with Gasteiger partial charge >= 0.3 is 0 Å². The number of sulfonamides is 1. The molecule has 1 aliphatic heterocycles. The van der Waals surface area contributed by atoms with E-state index in [9.17, 15) is 8.42 Å². The maximum atomic E-state index is 12.9. The molecule has 3 heterocycles. The van der Waals surface area contributed by atoms with E-state index in [1.807, 2.05) is 26.2 Å². The standard InChI is InChI=1S/C17H20ClN5O2S2/c1-21(2)9-10-22-7-5-12-3-4-13(11-14(12)22)20-27(24,25)16-15(18)26-17-19-6-8-23(16)17/h3-4,6,8,11,20H,5,7,9-10H2,1-2H3. The Balaban J connectivity index is 1.62. The summed E-state index contributed by atoms with van der Waals surface area (Å²) in [4.78, 5) is 9.08. The molecule has 7 nitrogen and oxygen atoms in total. The van der Waals surface area contributed by atoms with E-state index >= 15 is 0 Å². The van der Waals surface area contributed by atoms with Gasteiger partial charge in [-0.25, -0.2) is 4.98 Å². The lowest BCUT2D eigenvalue weighted by atomic mass is 10.1. The Morgan fingerprint density at radius 2 is 2.19 bits per heavy atom. The summed E-state index contributed by atoms with van der Waals surface area (Å²) >= 11 is 7.31. The van der Waals surface area contributed by atoms with Gasteiger partial charge in [0.25, 0.3) is 10.0 Å². The molecular weight excluding hydrogens is 406 g/mol. The molecule has 1 aliphatic rings. The number of likely N-dealkylation sites (N-methyl/N-ethyl adjacent to an activating group) is 1. The van der Waals surface area contributed by atoms with Gasteiger partial charge in [-0.3, -0.25) is 9.12 Å². The van der Waals surface area contributed by atoms with Gasteiger partial charge in [-0.15, -0.1) is 0 Å². The van der Waals surface area contributed by atoms with E-state index in [4.69, 9.17) is 11.6 Å². The Morgan fingerprint density at radius 3 is 2.96 bits per heavy atom. The minimum Gasteiger partial charge on any atom is -0.370 e. The number of hydrogen-bond donors (Lipinski definition) is 1. The molecule has 3 aromatic rings. The number of aromatic nitrogens is 2. The van der Waals surface area contributed by atoms with Crippen LogP contribution in [0.3, 0.4) is 0 Å². The van der Waals surface area contributed by atoms with Crippen LogP contribution in [0.5, 0.6) is 0 Å². The second-order valence-electron chi connectivity index (χ2n) is 6.75. The lowest BCUT2D eigenvalue weighted by Gasteiger charge is -2.22. The number of halogens is 1. The van der Waals surface area contributed by atoms with Gasteiger partial charge in [-0.2, -0.15) is 8.42 Å². The smallest absolute Gasteiger partial charge is 0.280 e. The average Bonchev–Trinajstić information content (AvgIpc) is 3.26. The Morgan fingerprint density at radius 1 is 1.37 bits per heavy atom. The zero-order valence-corrected chi connectivity index (χ0v) is 17.4. The first-order chi connectivity index (χ1) is 12.8. The summed E-state index contributed by atoms with van der Waals surface area (Å²) < 4.78 is 30.2. The third-order valence-corrected chi connectivity index (χ3v) is 7.50. The first kappa shape index (κ1) is 18.5. The van der Waals surface area contributed by atoms with E-state index < -0.39 is 10.0 Å². The summed E-state index contributed by atoms with van der Waals surface area (Å²) in [5.74, 6) is 0. The number of nitrogens with one attached hydrogen (secondary N) is 1. The summed E-state index contributed by atoms with van der Waals surface area (Å²) in [6.45, 7) is 2.80. The summed E-state index contributed by atoms with van der Waals surface area (Å²) in [7, 11) is 0.256. The first-order valence-electron chi connectivity index (χ1n) is 8.52. The fraction of sp³-hybridized carbons (Fsp3) is 0.353. The van der Waals surface area contributed by atoms with Crippen molar-refractivity contribution in [3.05, 3.63) is 40.5 Å². The van der Waals surface area contributed by atoms with Gasteiger partial charge in [0.05, 0.1) is 5.69 Å². The van der Waals surface area contributed by atoms with Crippen molar-refractivity contribution >= 4 is 49.3 Å². The average molecular weight is 426 g/mol. The van der Waals surface area contributed by atoms with Crippen molar-refractivity contribution in [1.29, 1.82) is 0 Å². The molecule has 144 valence electrons. The van der Waals surface area contributed by atoms with Crippen molar-refractivity contribution in [2.45, 2.75) is 11.4 Å². The predicted molar refractivity (Wildman–Crippen MR) is 110 cm³/mol. The summed E-state index contributed by atoms with van der Waals surface area (Å²) in [6, 6.07) is 5.70. The van der Waals surface area contributed by atoms with Gasteiger partial charge in [0.1, 0.15) is 4.34 Å². The third-order valence-electron chi connectivity index (χ3n) is 4.58. The highest BCUT2D eigenvalue weighted by Crippen LogP contribution is 2.34. The summed E-state index contributed by atoms with van der Waals surface area (Å²) in [6.07, 6.45) is 4.12. The number of thiazole rings is 1. The number of nitrogens with zero attached hydrogens (tertiary/aromatic N) is 4. The maximum Gasteiger partial charge on any atom is 0.280 e. The fourth-order valence-electron chi connectivity index (χ4n) is 3.24. The van der Waals surface area contributed by atoms with Crippen LogP contribution >= 0.6 is 22.9 Å². The van der Waals surface area contributed by atoms with E-state index in [-0.39, 0.29) is 9.36 Å². The number of hydrogen-bond acceptors (Lipinski definition) is 6. The second kappa shape index (κ2) is 6.97. The lowest BCUT2D eigenvalue weighted by molar-refractivity contribution is 0.414. The molecule has 1 N–H and O–H groups in total. The molecule has 0 unspecified atom stereocenters. The van der Waals surface area contributed by atoms with E-state index in [0.717, 1.165) is 43.1 Å². The highest BCUT2D eigenvalue weighted by Gasteiger charge is 2.26. The van der Waals surface area contributed by atoms with Crippen LogP contribution in [0.4, 0.5) is 11.4 Å². The van der Waals surface area contributed by atoms with Crippen LogP contribution in [-0.2, 0) is 16.4 Å². The molecule has 1 aromatic carbocycles. The molecule has 0 radical (unpaired) electrons. The van der Waals surface area contributed by atoms with Gasteiger partial charge in [-0.1, -0.05) is 29.0 Å². The molecular formula is C17H20ClN5O2S2. The normalized spacial score (nSPS) is 14.3. The quantitative estimate of drug-likeness (QED) is 0.657. The summed E-state index contributed by atoms with van der Waals surface area (Å²) in [5.41, 5.74) is 2.85. The zero-order valence-electron chi connectivity index (χ0n) is 15.0. The summed E-state index contributed by atoms with van der Waals surface area (Å²) in [5, 5.41) is 0.0200. The minimum atomic E-state index is -3.83. The molecule has 2 aromatic heterocycles. The van der Waals surface area contributed by atoms with Gasteiger partial charge in [0.15, 0.2) is 9.99 Å². The largest absolute Gasteiger partial charge is 0.370 e. The van der Waals surface area contributed by atoms with Crippen LogP contribution in [0.15, 0.2) is 35.6 Å². The monoisotopic (exact) mass is 425 g/mol. The highest BCUT2D eigenvalue weighted by molar-refractivity contribution is 7.93. The SMILES string of the molecule is CN(C)CCN1CCc2ccc(NS(=O)(=O)c3c(Cl)sc4nccn34)cc21. The van der Waals surface area contributed by atoms with Crippen molar-refractivity contribution in [2.75, 3.05) is 43.4 Å². The van der Waals surface area contributed by atoms with Gasteiger partial charge in [-0.05, 0) is 38.2 Å². The van der Waals surface area contributed by atoms with Crippen molar-refractivity contribution in [1.82, 2.24) is 14.3 Å². The molecule has 10 heteroatoms. The zero-order chi connectivity index (χ0) is 19.2. The number of imidazole rings is 1. The van der Waals surface area contributed by atoms with E-state index in [2.05, 4.69) is 19.5 Å². The minimum absolute atomic E-state index is 0.0200. The molecule has 4 rings (SSSR count). The van der Waals surface area contributed by atoms with E-state index in [1.54, 1.807) is 18.5 Å². The van der Waals surface area contributed by atoms with E-state index in [1.165, 1.54) is 9.96 Å². The molecule has 0 spiro atoms. The third kappa shape index (κ3) is 3.52. The predicted octanol–water partition coefficient (Wildman–Crippen LogP) is 2.77. The van der Waals surface area contributed by atoms with Crippen LogP contribution in [-0.4, -0.2) is 56.4 Å². The second-order valence-corrected chi connectivity index (χ2v) is 9.93. The number of anilines is 2. The maximum absolute atomic E-state index is 12.9. The molecule has 0 fully saturated rings. The molecule has 0 aliphatic carbocycles. The topological polar surface area (TPSA) is 69.9 Å². The molecule has 0 amide bonds. The highest BCUT2D eigenvalue weighted by atomic mass is 35.5. The van der Waals surface area contributed by atoms with Gasteiger partial charge in [0.2, 0.25) is 0 Å². The Kier molecular flexibility index (Phi) is 4.79. The molecule has 0 atom stereocenters. The molecule has 0 saturated heterocycles. The first-order valence-corrected chi connectivity index (χ1v) is 11.2. The molecule has 0 saturated carbocycles. The fourth-order valence-corrected chi connectivity index (χ4v) is 6.22. The number of fused-ring (bicyclic) bond motifs is 2. The molecule has 27 heavy (non-hydrogen) atoms. The van der Waals surface area contributed by atoms with Gasteiger partial charge in [0, 0.05) is 37.7 Å². The van der Waals surface area contributed by atoms with Crippen LogP contribution in [0.1, 0.15) is 5.56 Å². The van der Waals surface area contributed by atoms with Crippen LogP contribution < -0.4 is 9.62 Å². The van der Waals surface area contributed by atoms with Gasteiger partial charge < -0.3 is 9.80 Å². The Hall–Kier alpha value is -1.81. The number of benzene rings is 1. The van der Waals surface area contributed by atoms with Crippen LogP contribution in [0.2, 0.25) is 4.34 Å². The van der Waals surface area contributed by atoms with Crippen molar-refractivity contribution in [3.63, 3.8) is 0 Å². The lowest BCUT2D eigenvalue weighted by Crippen LogP contribution is -2.30. The Labute approximate surface area is 167 Å². The van der Waals surface area contributed by atoms with Crippen molar-refractivity contribution < 1.29 is 8.42 Å². The van der Waals surface area contributed by atoms with Crippen LogP contribution in [0, 0.1) is 0 Å². The molecule has 0 bridgehead atoms. The van der Waals surface area contributed by atoms with E-state index in [0.29, 0.717) is 10.6 Å². The Bertz CT molecular complexity index is 1090. The van der Waals surface area contributed by atoms with Crippen molar-refractivity contribution in [2.24, 2.45) is 0 Å².